The fraction of sp³-hybridized carbons (Fsp3) is 0. The van der Waals surface area contributed by atoms with Crippen LogP contribution in [-0.2, 0) is 0 Å². The first-order valence-electron chi connectivity index (χ1n) is 14.3. The van der Waals surface area contributed by atoms with E-state index in [-0.39, 0.29) is 11.6 Å². The maximum Gasteiger partial charge on any atom is 0.138 e. The van der Waals surface area contributed by atoms with Crippen molar-refractivity contribution in [1.82, 2.24) is 0 Å². The molecule has 1 heterocycles. The summed E-state index contributed by atoms with van der Waals surface area (Å²) in [6.45, 7) is 0. The molecule has 8 aromatic carbocycles. The van der Waals surface area contributed by atoms with E-state index in [4.69, 9.17) is 0 Å². The minimum absolute atomic E-state index is 0.179. The molecule has 0 nitrogen and oxygen atoms in total. The standard InChI is InChI=1S/C40H22F2S/c41-38-29-14-5-1-10-25(29)36(26-11-2-6-15-30(26)38)23-20-21-24-33-18-9-19-34(40(33)43-35(24)22-23)37-27-12-3-7-16-31(27)39(42)32-17-8-4-13-28(32)37/h1-22H. The van der Waals surface area contributed by atoms with E-state index in [1.807, 2.05) is 97.1 Å². The highest BCUT2D eigenvalue weighted by atomic mass is 32.1. The topological polar surface area (TPSA) is 0 Å². The summed E-state index contributed by atoms with van der Waals surface area (Å²) in [5.41, 5.74) is 4.26. The lowest BCUT2D eigenvalue weighted by Crippen LogP contribution is -1.90. The first-order chi connectivity index (χ1) is 21.2. The van der Waals surface area contributed by atoms with Gasteiger partial charge in [0.15, 0.2) is 0 Å². The zero-order valence-electron chi connectivity index (χ0n) is 22.9. The van der Waals surface area contributed by atoms with E-state index in [9.17, 15) is 0 Å². The number of thiophene rings is 1. The summed E-state index contributed by atoms with van der Waals surface area (Å²) in [7, 11) is 0. The van der Waals surface area contributed by atoms with Crippen LogP contribution in [0.15, 0.2) is 133 Å². The van der Waals surface area contributed by atoms with Crippen LogP contribution in [0.25, 0.3) is 85.5 Å². The highest BCUT2D eigenvalue weighted by Crippen LogP contribution is 2.47. The summed E-state index contributed by atoms with van der Waals surface area (Å²) in [4.78, 5) is 0. The molecule has 202 valence electrons. The minimum Gasteiger partial charge on any atom is -0.206 e. The van der Waals surface area contributed by atoms with Crippen LogP contribution in [0.5, 0.6) is 0 Å². The Labute approximate surface area is 250 Å². The number of fused-ring (bicyclic) bond motifs is 7. The van der Waals surface area contributed by atoms with E-state index in [2.05, 4.69) is 36.4 Å². The predicted molar refractivity (Wildman–Crippen MR) is 180 cm³/mol. The first-order valence-corrected chi connectivity index (χ1v) is 15.1. The van der Waals surface area contributed by atoms with Crippen LogP contribution in [0, 0.1) is 11.6 Å². The highest BCUT2D eigenvalue weighted by Gasteiger charge is 2.20. The van der Waals surface area contributed by atoms with Gasteiger partial charge in [-0.2, -0.15) is 0 Å². The third-order valence-corrected chi connectivity index (χ3v) is 9.99. The van der Waals surface area contributed by atoms with Gasteiger partial charge in [-0.1, -0.05) is 127 Å². The molecule has 0 bridgehead atoms. The summed E-state index contributed by atoms with van der Waals surface area (Å²) >= 11 is 1.76. The van der Waals surface area contributed by atoms with Crippen LogP contribution in [0.4, 0.5) is 8.78 Å². The second-order valence-electron chi connectivity index (χ2n) is 11.1. The number of rotatable bonds is 2. The second-order valence-corrected chi connectivity index (χ2v) is 12.1. The van der Waals surface area contributed by atoms with Gasteiger partial charge in [-0.3, -0.25) is 0 Å². The summed E-state index contributed by atoms with van der Waals surface area (Å²) in [6, 6.07) is 44.1. The zero-order chi connectivity index (χ0) is 28.7. The van der Waals surface area contributed by atoms with Gasteiger partial charge in [0.2, 0.25) is 0 Å². The van der Waals surface area contributed by atoms with Crippen molar-refractivity contribution in [1.29, 1.82) is 0 Å². The molecule has 9 aromatic rings. The molecule has 0 aliphatic carbocycles. The van der Waals surface area contributed by atoms with E-state index in [1.54, 1.807) is 11.3 Å². The first kappa shape index (κ1) is 24.5. The minimum atomic E-state index is -0.179. The Morgan fingerprint density at radius 3 is 1.33 bits per heavy atom. The normalized spacial score (nSPS) is 12.0. The van der Waals surface area contributed by atoms with Gasteiger partial charge < -0.3 is 0 Å². The van der Waals surface area contributed by atoms with E-state index >= 15 is 8.78 Å². The molecular formula is C40H22F2S. The van der Waals surface area contributed by atoms with Gasteiger partial charge in [0, 0.05) is 47.3 Å². The summed E-state index contributed by atoms with van der Waals surface area (Å²) in [5, 5.41) is 8.51. The van der Waals surface area contributed by atoms with Crippen LogP contribution >= 0.6 is 11.3 Å². The van der Waals surface area contributed by atoms with Crippen molar-refractivity contribution in [3.8, 4) is 22.3 Å². The molecule has 0 fully saturated rings. The van der Waals surface area contributed by atoms with Gasteiger partial charge in [0.05, 0.1) is 0 Å². The monoisotopic (exact) mass is 572 g/mol. The van der Waals surface area contributed by atoms with Gasteiger partial charge in [-0.05, 0) is 44.3 Å². The van der Waals surface area contributed by atoms with Crippen molar-refractivity contribution >= 4 is 74.6 Å². The van der Waals surface area contributed by atoms with Crippen LogP contribution < -0.4 is 0 Å². The number of hydrogen-bond donors (Lipinski definition) is 0. The lowest BCUT2D eigenvalue weighted by molar-refractivity contribution is 0.651. The van der Waals surface area contributed by atoms with Gasteiger partial charge in [0.1, 0.15) is 11.6 Å². The Kier molecular flexibility index (Phi) is 5.23. The molecule has 0 unspecified atom stereocenters. The molecule has 0 N–H and O–H groups in total. The fourth-order valence-electron chi connectivity index (χ4n) is 6.90. The predicted octanol–water partition coefficient (Wildman–Crippen LogP) is 12.3. The summed E-state index contributed by atoms with van der Waals surface area (Å²) in [5.74, 6) is -0.358. The molecule has 0 aliphatic heterocycles. The zero-order valence-corrected chi connectivity index (χ0v) is 23.7. The Morgan fingerprint density at radius 1 is 0.372 bits per heavy atom. The summed E-state index contributed by atoms with van der Waals surface area (Å²) < 4.78 is 33.6. The Morgan fingerprint density at radius 2 is 0.814 bits per heavy atom. The summed E-state index contributed by atoms with van der Waals surface area (Å²) in [6.07, 6.45) is 0. The van der Waals surface area contributed by atoms with Crippen molar-refractivity contribution in [2.24, 2.45) is 0 Å². The molecule has 0 spiro atoms. The lowest BCUT2D eigenvalue weighted by atomic mass is 9.90. The smallest absolute Gasteiger partial charge is 0.138 e. The Balaban J connectivity index is 1.35. The maximum atomic E-state index is 15.7. The van der Waals surface area contributed by atoms with Crippen molar-refractivity contribution in [2.45, 2.75) is 0 Å². The van der Waals surface area contributed by atoms with Gasteiger partial charge in [-0.25, -0.2) is 8.78 Å². The third kappa shape index (κ3) is 3.46. The Hall–Kier alpha value is -5.12. The van der Waals surface area contributed by atoms with Gasteiger partial charge in [0.25, 0.3) is 0 Å². The molecule has 0 radical (unpaired) electrons. The number of halogens is 2. The SMILES string of the molecule is Fc1c2ccccc2c(-c2ccc3c(c2)sc2c(-c4c5ccccc5c(F)c5ccccc45)cccc23)c2ccccc12. The van der Waals surface area contributed by atoms with E-state index < -0.39 is 0 Å². The second kappa shape index (κ2) is 9.19. The molecule has 0 saturated heterocycles. The molecule has 9 rings (SSSR count). The third-order valence-electron chi connectivity index (χ3n) is 8.79. The van der Waals surface area contributed by atoms with E-state index in [0.717, 1.165) is 48.5 Å². The largest absolute Gasteiger partial charge is 0.206 e. The molecule has 0 atom stereocenters. The van der Waals surface area contributed by atoms with Crippen LogP contribution in [0.2, 0.25) is 0 Å². The van der Waals surface area contributed by atoms with Crippen LogP contribution in [0.3, 0.4) is 0 Å². The molecule has 0 amide bonds. The van der Waals surface area contributed by atoms with E-state index in [0.29, 0.717) is 21.5 Å². The average Bonchev–Trinajstić information content (AvgIpc) is 3.44. The Bertz CT molecular complexity index is 2480. The molecule has 0 saturated carbocycles. The average molecular weight is 573 g/mol. The maximum absolute atomic E-state index is 15.7. The number of benzene rings is 8. The molecule has 43 heavy (non-hydrogen) atoms. The molecule has 1 aromatic heterocycles. The van der Waals surface area contributed by atoms with Crippen molar-refractivity contribution in [3.63, 3.8) is 0 Å². The van der Waals surface area contributed by atoms with E-state index in [1.165, 1.54) is 15.5 Å². The van der Waals surface area contributed by atoms with Crippen LogP contribution in [-0.4, -0.2) is 0 Å². The van der Waals surface area contributed by atoms with Gasteiger partial charge in [-0.15, -0.1) is 11.3 Å². The van der Waals surface area contributed by atoms with Crippen molar-refractivity contribution < 1.29 is 8.78 Å². The molecule has 3 heteroatoms. The number of hydrogen-bond acceptors (Lipinski definition) is 1. The van der Waals surface area contributed by atoms with Crippen LogP contribution in [0.1, 0.15) is 0 Å². The van der Waals surface area contributed by atoms with Crippen molar-refractivity contribution in [2.75, 3.05) is 0 Å². The highest BCUT2D eigenvalue weighted by molar-refractivity contribution is 7.26. The van der Waals surface area contributed by atoms with Crippen molar-refractivity contribution in [3.05, 3.63) is 145 Å². The molecular weight excluding hydrogens is 551 g/mol. The quantitative estimate of drug-likeness (QED) is 0.181. The molecule has 0 aliphatic rings. The lowest BCUT2D eigenvalue weighted by Gasteiger charge is -2.14. The fourth-order valence-corrected chi connectivity index (χ4v) is 8.16. The van der Waals surface area contributed by atoms with Gasteiger partial charge >= 0.3 is 0 Å².